The summed E-state index contributed by atoms with van der Waals surface area (Å²) in [6.45, 7) is 0. The normalized spacial score (nSPS) is 34.1. The molecule has 0 saturated heterocycles. The van der Waals surface area contributed by atoms with Crippen molar-refractivity contribution < 1.29 is 15.0 Å². The van der Waals surface area contributed by atoms with Crippen molar-refractivity contribution in [2.24, 2.45) is 17.8 Å². The highest BCUT2D eigenvalue weighted by Crippen LogP contribution is 2.54. The van der Waals surface area contributed by atoms with Crippen LogP contribution in [-0.2, 0) is 4.79 Å². The minimum absolute atomic E-state index is 0.0799. The van der Waals surface area contributed by atoms with Crippen LogP contribution >= 0.6 is 0 Å². The van der Waals surface area contributed by atoms with Crippen LogP contribution in [0.25, 0.3) is 0 Å². The number of rotatable bonds is 2. The van der Waals surface area contributed by atoms with E-state index in [2.05, 4.69) is 6.08 Å². The molecule has 3 heteroatoms. The van der Waals surface area contributed by atoms with E-state index in [1.165, 1.54) is 0 Å². The van der Waals surface area contributed by atoms with E-state index in [4.69, 9.17) is 0 Å². The lowest BCUT2D eigenvalue weighted by molar-refractivity contribution is -0.143. The number of hydrogen-bond acceptors (Lipinski definition) is 2. The van der Waals surface area contributed by atoms with Crippen LogP contribution in [0.3, 0.4) is 0 Å². The van der Waals surface area contributed by atoms with E-state index < -0.39 is 11.9 Å². The summed E-state index contributed by atoms with van der Waals surface area (Å²) in [6, 6.07) is 7.08. The van der Waals surface area contributed by atoms with E-state index in [0.717, 1.165) is 12.0 Å². The van der Waals surface area contributed by atoms with Crippen LogP contribution in [0.4, 0.5) is 0 Å². The van der Waals surface area contributed by atoms with Gasteiger partial charge in [0.25, 0.3) is 0 Å². The molecule has 88 valence electrons. The van der Waals surface area contributed by atoms with Gasteiger partial charge in [0.15, 0.2) is 0 Å². The molecule has 1 saturated carbocycles. The van der Waals surface area contributed by atoms with E-state index >= 15 is 0 Å². The fourth-order valence-electron chi connectivity index (χ4n) is 3.35. The number of aliphatic carboxylic acids is 1. The number of aromatic hydroxyl groups is 1. The smallest absolute Gasteiger partial charge is 0.307 e. The standard InChI is InChI=1S/C14H14O3/c15-11-4-2-1-3-10(11)12-8-5-6-9(7-8)13(12)14(16)17/h1-6,8-9,12-13,15H,7H2,(H,16,17). The van der Waals surface area contributed by atoms with Gasteiger partial charge in [-0.3, -0.25) is 4.79 Å². The number of carboxylic acid groups (broad SMARTS) is 1. The molecule has 0 radical (unpaired) electrons. The average molecular weight is 230 g/mol. The van der Waals surface area contributed by atoms with Gasteiger partial charge in [-0.1, -0.05) is 30.4 Å². The summed E-state index contributed by atoms with van der Waals surface area (Å²) < 4.78 is 0. The number of allylic oxidation sites excluding steroid dienone is 2. The number of hydrogen-bond donors (Lipinski definition) is 2. The lowest BCUT2D eigenvalue weighted by Gasteiger charge is -2.25. The summed E-state index contributed by atoms with van der Waals surface area (Å²) in [5.74, 6) is -0.627. The number of phenols is 1. The molecule has 0 aliphatic heterocycles. The zero-order chi connectivity index (χ0) is 12.0. The van der Waals surface area contributed by atoms with Crippen LogP contribution in [0.1, 0.15) is 17.9 Å². The summed E-state index contributed by atoms with van der Waals surface area (Å²) >= 11 is 0. The van der Waals surface area contributed by atoms with Crippen LogP contribution in [0, 0.1) is 17.8 Å². The van der Waals surface area contributed by atoms with E-state index in [9.17, 15) is 15.0 Å². The molecule has 1 aromatic carbocycles. The van der Waals surface area contributed by atoms with Gasteiger partial charge in [-0.25, -0.2) is 0 Å². The van der Waals surface area contributed by atoms with Crippen LogP contribution < -0.4 is 0 Å². The van der Waals surface area contributed by atoms with E-state index in [1.807, 2.05) is 18.2 Å². The molecule has 2 aliphatic carbocycles. The van der Waals surface area contributed by atoms with Gasteiger partial charge in [0.05, 0.1) is 5.92 Å². The van der Waals surface area contributed by atoms with Crippen molar-refractivity contribution in [1.29, 1.82) is 0 Å². The van der Waals surface area contributed by atoms with Crippen LogP contribution in [0.15, 0.2) is 36.4 Å². The molecule has 4 atom stereocenters. The Morgan fingerprint density at radius 2 is 1.88 bits per heavy atom. The molecular formula is C14H14O3. The maximum absolute atomic E-state index is 11.4. The van der Waals surface area contributed by atoms with Crippen LogP contribution in [-0.4, -0.2) is 16.2 Å². The molecule has 2 aliphatic rings. The molecule has 3 nitrogen and oxygen atoms in total. The molecule has 0 spiro atoms. The fraction of sp³-hybridized carbons (Fsp3) is 0.357. The van der Waals surface area contributed by atoms with Crippen molar-refractivity contribution in [1.82, 2.24) is 0 Å². The monoisotopic (exact) mass is 230 g/mol. The molecule has 3 rings (SSSR count). The number of fused-ring (bicyclic) bond motifs is 2. The molecule has 4 unspecified atom stereocenters. The van der Waals surface area contributed by atoms with Gasteiger partial charge in [-0.15, -0.1) is 0 Å². The Kier molecular flexibility index (Phi) is 2.21. The van der Waals surface area contributed by atoms with Crippen LogP contribution in [0.5, 0.6) is 5.75 Å². The van der Waals surface area contributed by atoms with Crippen molar-refractivity contribution in [3.63, 3.8) is 0 Å². The van der Waals surface area contributed by atoms with E-state index in [0.29, 0.717) is 0 Å². The fourth-order valence-corrected chi connectivity index (χ4v) is 3.35. The van der Waals surface area contributed by atoms with Gasteiger partial charge in [0.1, 0.15) is 5.75 Å². The predicted molar refractivity (Wildman–Crippen MR) is 62.7 cm³/mol. The molecule has 1 fully saturated rings. The summed E-state index contributed by atoms with van der Waals surface area (Å²) in [5, 5.41) is 19.2. The summed E-state index contributed by atoms with van der Waals surface area (Å²) in [4.78, 5) is 11.4. The second-order valence-corrected chi connectivity index (χ2v) is 4.90. The number of carbonyl (C=O) groups is 1. The molecule has 2 bridgehead atoms. The van der Waals surface area contributed by atoms with Crippen molar-refractivity contribution in [3.05, 3.63) is 42.0 Å². The lowest BCUT2D eigenvalue weighted by Crippen LogP contribution is -2.25. The van der Waals surface area contributed by atoms with Crippen molar-refractivity contribution in [2.45, 2.75) is 12.3 Å². The molecule has 2 N–H and O–H groups in total. The Labute approximate surface area is 99.4 Å². The second-order valence-electron chi connectivity index (χ2n) is 4.90. The predicted octanol–water partition coefficient (Wildman–Crippen LogP) is 2.38. The zero-order valence-electron chi connectivity index (χ0n) is 9.28. The highest BCUT2D eigenvalue weighted by atomic mass is 16.4. The Bertz CT molecular complexity index is 492. The largest absolute Gasteiger partial charge is 0.508 e. The molecule has 17 heavy (non-hydrogen) atoms. The minimum atomic E-state index is -0.755. The van der Waals surface area contributed by atoms with Gasteiger partial charge in [-0.2, -0.15) is 0 Å². The van der Waals surface area contributed by atoms with Gasteiger partial charge in [-0.05, 0) is 29.9 Å². The van der Waals surface area contributed by atoms with E-state index in [1.54, 1.807) is 12.1 Å². The molecule has 1 aromatic rings. The molecule has 0 amide bonds. The van der Waals surface area contributed by atoms with Crippen molar-refractivity contribution >= 4 is 5.97 Å². The maximum Gasteiger partial charge on any atom is 0.307 e. The highest BCUT2D eigenvalue weighted by Gasteiger charge is 2.49. The first kappa shape index (κ1) is 10.4. The number of para-hydroxylation sites is 1. The third kappa shape index (κ3) is 1.46. The Morgan fingerprint density at radius 3 is 2.59 bits per heavy atom. The van der Waals surface area contributed by atoms with Gasteiger partial charge in [0.2, 0.25) is 0 Å². The molecule has 0 aromatic heterocycles. The quantitative estimate of drug-likeness (QED) is 0.767. The Morgan fingerprint density at radius 1 is 1.18 bits per heavy atom. The van der Waals surface area contributed by atoms with Crippen molar-refractivity contribution in [3.8, 4) is 5.75 Å². The van der Waals surface area contributed by atoms with Gasteiger partial charge < -0.3 is 10.2 Å². The third-order valence-electron chi connectivity index (χ3n) is 4.04. The minimum Gasteiger partial charge on any atom is -0.508 e. The van der Waals surface area contributed by atoms with Crippen LogP contribution in [0.2, 0.25) is 0 Å². The lowest BCUT2D eigenvalue weighted by atomic mass is 9.78. The Hall–Kier alpha value is -1.77. The average Bonchev–Trinajstić information content (AvgIpc) is 2.89. The zero-order valence-corrected chi connectivity index (χ0v) is 9.28. The number of benzene rings is 1. The summed E-state index contributed by atoms with van der Waals surface area (Å²) in [6.07, 6.45) is 5.01. The maximum atomic E-state index is 11.4. The van der Waals surface area contributed by atoms with E-state index in [-0.39, 0.29) is 23.5 Å². The molecular weight excluding hydrogens is 216 g/mol. The van der Waals surface area contributed by atoms with Gasteiger partial charge >= 0.3 is 5.97 Å². The first-order chi connectivity index (χ1) is 8.18. The SMILES string of the molecule is O=C(O)C1C2C=CC(C2)C1c1ccccc1O. The second kappa shape index (κ2) is 3.62. The number of carboxylic acids is 1. The Balaban J connectivity index is 2.05. The highest BCUT2D eigenvalue weighted by molar-refractivity contribution is 5.74. The third-order valence-corrected chi connectivity index (χ3v) is 4.04. The number of phenolic OH excluding ortho intramolecular Hbond substituents is 1. The summed E-state index contributed by atoms with van der Waals surface area (Å²) in [5.41, 5.74) is 0.775. The first-order valence-corrected chi connectivity index (χ1v) is 5.87. The summed E-state index contributed by atoms with van der Waals surface area (Å²) in [7, 11) is 0. The topological polar surface area (TPSA) is 57.5 Å². The first-order valence-electron chi connectivity index (χ1n) is 5.87. The molecule has 0 heterocycles. The van der Waals surface area contributed by atoms with Gasteiger partial charge in [0, 0.05) is 5.92 Å². The van der Waals surface area contributed by atoms with Crippen molar-refractivity contribution in [2.75, 3.05) is 0 Å².